The molecule has 0 aliphatic heterocycles. The molecule has 2 heterocycles. The van der Waals surface area contributed by atoms with Crippen LogP contribution < -0.4 is 4.90 Å². The lowest BCUT2D eigenvalue weighted by Gasteiger charge is -2.27. The largest absolute Gasteiger partial charge is 0.455 e. The van der Waals surface area contributed by atoms with E-state index in [9.17, 15) is 0 Å². The van der Waals surface area contributed by atoms with Crippen LogP contribution in [0.3, 0.4) is 0 Å². The molecule has 0 saturated carbocycles. The van der Waals surface area contributed by atoms with Gasteiger partial charge in [0.2, 0.25) is 0 Å². The van der Waals surface area contributed by atoms with Gasteiger partial charge in [-0.3, -0.25) is 0 Å². The molecule has 268 valence electrons. The lowest BCUT2D eigenvalue weighted by atomic mass is 10.00. The second-order valence-corrected chi connectivity index (χ2v) is 14.5. The summed E-state index contributed by atoms with van der Waals surface area (Å²) in [5, 5.41) is 4.75. The minimum absolute atomic E-state index is 0.903. The molecule has 0 bridgehead atoms. The van der Waals surface area contributed by atoms with Crippen LogP contribution in [0, 0.1) is 0 Å². The zero-order valence-corrected chi connectivity index (χ0v) is 31.1. The molecule has 0 N–H and O–H groups in total. The quantitative estimate of drug-likeness (QED) is 0.163. The van der Waals surface area contributed by atoms with Crippen molar-refractivity contribution in [3.63, 3.8) is 0 Å². The maximum absolute atomic E-state index is 6.44. The third kappa shape index (κ3) is 5.60. The first kappa shape index (κ1) is 32.8. The lowest BCUT2D eigenvalue weighted by Crippen LogP contribution is -2.10. The Morgan fingerprint density at radius 1 is 0.333 bits per heavy atom. The van der Waals surface area contributed by atoms with Gasteiger partial charge in [0.15, 0.2) is 0 Å². The molecule has 9 aromatic carbocycles. The maximum Gasteiger partial charge on any atom is 0.143 e. The van der Waals surface area contributed by atoms with Crippen molar-refractivity contribution in [2.45, 2.75) is 0 Å². The van der Waals surface area contributed by atoms with E-state index in [-0.39, 0.29) is 0 Å². The Bertz CT molecular complexity index is 3160. The van der Waals surface area contributed by atoms with Crippen LogP contribution in [0.2, 0.25) is 0 Å². The molecule has 0 atom stereocenters. The van der Waals surface area contributed by atoms with Crippen LogP contribution in [-0.4, -0.2) is 4.57 Å². The van der Waals surface area contributed by atoms with E-state index >= 15 is 0 Å². The summed E-state index contributed by atoms with van der Waals surface area (Å²) >= 11 is 0. The summed E-state index contributed by atoms with van der Waals surface area (Å²) in [7, 11) is 0. The van der Waals surface area contributed by atoms with E-state index in [1.165, 1.54) is 32.9 Å². The van der Waals surface area contributed by atoms with Crippen LogP contribution in [0.15, 0.2) is 223 Å². The van der Waals surface area contributed by atoms with Gasteiger partial charge < -0.3 is 13.9 Å². The molecule has 0 aliphatic rings. The minimum atomic E-state index is 0.903. The number of furan rings is 1. The minimum Gasteiger partial charge on any atom is -0.455 e. The molecule has 0 saturated heterocycles. The van der Waals surface area contributed by atoms with Crippen molar-refractivity contribution in [2.75, 3.05) is 4.90 Å². The Morgan fingerprint density at radius 3 is 1.49 bits per heavy atom. The summed E-state index contributed by atoms with van der Waals surface area (Å²) < 4.78 is 8.86. The Hall–Kier alpha value is -7.62. The van der Waals surface area contributed by atoms with Gasteiger partial charge in [-0.05, 0) is 82.9 Å². The molecule has 0 spiro atoms. The van der Waals surface area contributed by atoms with E-state index < -0.39 is 0 Å². The number of fused-ring (bicyclic) bond motifs is 6. The Morgan fingerprint density at radius 2 is 0.825 bits per heavy atom. The van der Waals surface area contributed by atoms with Crippen LogP contribution >= 0.6 is 0 Å². The Labute approximate surface area is 330 Å². The molecule has 0 aliphatic carbocycles. The first-order chi connectivity index (χ1) is 28.3. The third-order valence-electron chi connectivity index (χ3n) is 11.2. The van der Waals surface area contributed by atoms with Gasteiger partial charge in [0.05, 0.1) is 16.7 Å². The first-order valence-electron chi connectivity index (χ1n) is 19.4. The van der Waals surface area contributed by atoms with Gasteiger partial charge in [0.1, 0.15) is 11.2 Å². The van der Waals surface area contributed by atoms with Crippen LogP contribution in [0.25, 0.3) is 82.8 Å². The smallest absolute Gasteiger partial charge is 0.143 e. The molecule has 57 heavy (non-hydrogen) atoms. The molecule has 2 aromatic heterocycles. The molecule has 11 rings (SSSR count). The van der Waals surface area contributed by atoms with Crippen molar-refractivity contribution in [3.05, 3.63) is 218 Å². The molecule has 0 radical (unpaired) electrons. The Kier molecular flexibility index (Phi) is 7.82. The van der Waals surface area contributed by atoms with Crippen molar-refractivity contribution in [3.8, 4) is 39.1 Å². The molecular formula is C54H36N2O. The van der Waals surface area contributed by atoms with Crippen LogP contribution in [0.5, 0.6) is 0 Å². The second kappa shape index (κ2) is 13.6. The molecule has 0 fully saturated rings. The van der Waals surface area contributed by atoms with Crippen molar-refractivity contribution in [1.82, 2.24) is 4.57 Å². The average Bonchev–Trinajstić information content (AvgIpc) is 3.84. The van der Waals surface area contributed by atoms with Gasteiger partial charge in [-0.15, -0.1) is 0 Å². The fourth-order valence-corrected chi connectivity index (χ4v) is 8.53. The highest BCUT2D eigenvalue weighted by molar-refractivity contribution is 6.11. The predicted molar refractivity (Wildman–Crippen MR) is 239 cm³/mol. The fraction of sp³-hybridized carbons (Fsp3) is 0. The van der Waals surface area contributed by atoms with Crippen LogP contribution in [0.1, 0.15) is 0 Å². The summed E-state index contributed by atoms with van der Waals surface area (Å²) in [4.78, 5) is 2.36. The number of rotatable bonds is 7. The first-order valence-corrected chi connectivity index (χ1v) is 19.4. The number of benzene rings is 9. The second-order valence-electron chi connectivity index (χ2n) is 14.5. The number of aromatic nitrogens is 1. The zero-order valence-electron chi connectivity index (χ0n) is 31.1. The van der Waals surface area contributed by atoms with Crippen molar-refractivity contribution < 1.29 is 4.42 Å². The van der Waals surface area contributed by atoms with E-state index in [1.54, 1.807) is 0 Å². The van der Waals surface area contributed by atoms with Crippen molar-refractivity contribution in [2.24, 2.45) is 0 Å². The van der Waals surface area contributed by atoms with Gasteiger partial charge in [-0.1, -0.05) is 158 Å². The summed E-state index contributed by atoms with van der Waals surface area (Å²) in [6, 6.07) is 78.1. The summed E-state index contributed by atoms with van der Waals surface area (Å²) in [6.45, 7) is 0. The number of hydrogen-bond donors (Lipinski definition) is 0. The van der Waals surface area contributed by atoms with E-state index in [0.717, 1.165) is 66.9 Å². The SMILES string of the molecule is c1ccc(-c2ccc(N(c3ccc(-c4cccc5c4oc4ccccc45)cc3)c3ccc(-n4c5ccccc5c5ccccc54)c(-c4ccccc4)c3)cc2)cc1. The molecule has 3 nitrogen and oxygen atoms in total. The molecule has 11 aromatic rings. The average molecular weight is 729 g/mol. The van der Waals surface area contributed by atoms with E-state index in [4.69, 9.17) is 4.42 Å². The monoisotopic (exact) mass is 728 g/mol. The molecule has 3 heteroatoms. The highest BCUT2D eigenvalue weighted by atomic mass is 16.3. The van der Waals surface area contributed by atoms with Gasteiger partial charge in [-0.2, -0.15) is 0 Å². The summed E-state index contributed by atoms with van der Waals surface area (Å²) in [5.41, 5.74) is 15.4. The molecule has 0 unspecified atom stereocenters. The van der Waals surface area contributed by atoms with Gasteiger partial charge in [-0.25, -0.2) is 0 Å². The van der Waals surface area contributed by atoms with Crippen LogP contribution in [-0.2, 0) is 0 Å². The van der Waals surface area contributed by atoms with Gasteiger partial charge >= 0.3 is 0 Å². The summed E-state index contributed by atoms with van der Waals surface area (Å²) in [6.07, 6.45) is 0. The standard InChI is InChI=1S/C54H36N2O/c1-3-14-37(15-4-1)38-26-30-41(31-27-38)55(42-32-28-40(29-33-42)44-21-13-22-48-47-20-9-12-25-53(47)57-54(44)48)43-34-35-52(49(36-43)39-16-5-2-6-17-39)56-50-23-10-7-18-45(50)46-19-8-11-24-51(46)56/h1-36H. The number of nitrogens with zero attached hydrogens (tertiary/aromatic N) is 2. The molecule has 0 amide bonds. The molecular weight excluding hydrogens is 693 g/mol. The lowest BCUT2D eigenvalue weighted by molar-refractivity contribution is 0.670. The normalized spacial score (nSPS) is 11.5. The van der Waals surface area contributed by atoms with Crippen molar-refractivity contribution >= 4 is 60.8 Å². The highest BCUT2D eigenvalue weighted by Crippen LogP contribution is 2.43. The van der Waals surface area contributed by atoms with E-state index in [2.05, 4.69) is 216 Å². The van der Waals surface area contributed by atoms with E-state index in [0.29, 0.717) is 0 Å². The highest BCUT2D eigenvalue weighted by Gasteiger charge is 2.20. The van der Waals surface area contributed by atoms with Gasteiger partial charge in [0, 0.05) is 49.7 Å². The van der Waals surface area contributed by atoms with Gasteiger partial charge in [0.25, 0.3) is 0 Å². The van der Waals surface area contributed by atoms with E-state index in [1.807, 2.05) is 12.1 Å². The zero-order chi connectivity index (χ0) is 37.7. The Balaban J connectivity index is 1.09. The number of para-hydroxylation sites is 4. The summed E-state index contributed by atoms with van der Waals surface area (Å²) in [5.74, 6) is 0. The number of anilines is 3. The van der Waals surface area contributed by atoms with Crippen molar-refractivity contribution in [1.29, 1.82) is 0 Å². The number of hydrogen-bond acceptors (Lipinski definition) is 2. The topological polar surface area (TPSA) is 21.3 Å². The fourth-order valence-electron chi connectivity index (χ4n) is 8.53. The maximum atomic E-state index is 6.44. The third-order valence-corrected chi connectivity index (χ3v) is 11.2. The predicted octanol–water partition coefficient (Wildman–Crippen LogP) is 15.2. The van der Waals surface area contributed by atoms with Crippen LogP contribution in [0.4, 0.5) is 17.1 Å².